The van der Waals surface area contributed by atoms with Gasteiger partial charge >= 0.3 is 12.0 Å². The van der Waals surface area contributed by atoms with Gasteiger partial charge in [-0.2, -0.15) is 0 Å². The minimum absolute atomic E-state index is 0.0532. The van der Waals surface area contributed by atoms with Crippen molar-refractivity contribution in [2.45, 2.75) is 13.0 Å². The fourth-order valence-electron chi connectivity index (χ4n) is 2.81. The van der Waals surface area contributed by atoms with Gasteiger partial charge < -0.3 is 20.5 Å². The van der Waals surface area contributed by atoms with Crippen molar-refractivity contribution in [1.29, 1.82) is 0 Å². The number of nitrogens with zero attached hydrogens (tertiary/aromatic N) is 1. The Bertz CT molecular complexity index is 726. The molecule has 0 saturated heterocycles. The van der Waals surface area contributed by atoms with Gasteiger partial charge in [0.15, 0.2) is 0 Å². The summed E-state index contributed by atoms with van der Waals surface area (Å²) in [6.07, 6.45) is 0. The second-order valence-electron chi connectivity index (χ2n) is 5.37. The van der Waals surface area contributed by atoms with Crippen molar-refractivity contribution in [3.63, 3.8) is 0 Å². The van der Waals surface area contributed by atoms with Gasteiger partial charge in [0.25, 0.3) is 0 Å². The predicted molar refractivity (Wildman–Crippen MR) is 82.8 cm³/mol. The molecular formula is C16H17N3O5. The van der Waals surface area contributed by atoms with Crippen LogP contribution in [0, 0.1) is 0 Å². The lowest BCUT2D eigenvalue weighted by molar-refractivity contribution is -0.136. The van der Waals surface area contributed by atoms with E-state index in [0.717, 1.165) is 10.5 Å². The van der Waals surface area contributed by atoms with Crippen molar-refractivity contribution in [3.8, 4) is 5.75 Å². The van der Waals surface area contributed by atoms with E-state index in [9.17, 15) is 14.4 Å². The highest BCUT2D eigenvalue weighted by molar-refractivity contribution is 5.98. The van der Waals surface area contributed by atoms with Crippen molar-refractivity contribution < 1.29 is 23.9 Å². The van der Waals surface area contributed by atoms with Crippen molar-refractivity contribution in [2.24, 2.45) is 5.73 Å². The van der Waals surface area contributed by atoms with E-state index in [4.69, 9.17) is 15.2 Å². The lowest BCUT2D eigenvalue weighted by Crippen LogP contribution is -2.49. The Morgan fingerprint density at radius 1 is 1.38 bits per heavy atom. The maximum Gasteiger partial charge on any atom is 0.338 e. The molecule has 1 aromatic rings. The maximum atomic E-state index is 12.3. The third-order valence-corrected chi connectivity index (χ3v) is 3.84. The number of nitrogens with two attached hydrogens (primary N) is 1. The number of urea groups is 1. The molecule has 2 heterocycles. The van der Waals surface area contributed by atoms with Gasteiger partial charge in [-0.15, -0.1) is 0 Å². The monoisotopic (exact) mass is 331 g/mol. The van der Waals surface area contributed by atoms with E-state index in [1.54, 1.807) is 24.3 Å². The van der Waals surface area contributed by atoms with E-state index in [1.165, 1.54) is 0 Å². The number of benzene rings is 1. The number of nitrogens with one attached hydrogen (secondary N) is 1. The molecule has 1 aromatic carbocycles. The van der Waals surface area contributed by atoms with Crippen LogP contribution >= 0.6 is 0 Å². The molecule has 0 aliphatic carbocycles. The predicted octanol–water partition coefficient (Wildman–Crippen LogP) is 0.448. The van der Waals surface area contributed by atoms with Crippen LogP contribution in [0.25, 0.3) is 0 Å². The molecule has 2 aliphatic heterocycles. The molecule has 8 heteroatoms. The van der Waals surface area contributed by atoms with Gasteiger partial charge in [0.2, 0.25) is 5.91 Å². The average molecular weight is 331 g/mol. The highest BCUT2D eigenvalue weighted by Crippen LogP contribution is 2.35. The molecule has 3 amide bonds. The summed E-state index contributed by atoms with van der Waals surface area (Å²) >= 11 is 0. The summed E-state index contributed by atoms with van der Waals surface area (Å²) in [5, 5.41) is 2.72. The molecule has 1 atom stereocenters. The fraction of sp³-hybridized carbons (Fsp3) is 0.312. The van der Waals surface area contributed by atoms with E-state index in [0.29, 0.717) is 23.6 Å². The SMILES string of the molecule is CCOc1ccc([C@@H]2NC(=O)N(CC(N)=O)C3=C2C(=O)OC3)cc1. The molecule has 126 valence electrons. The molecule has 0 saturated carbocycles. The number of primary amides is 1. The number of hydrogen-bond acceptors (Lipinski definition) is 5. The van der Waals surface area contributed by atoms with Crippen LogP contribution < -0.4 is 15.8 Å². The number of carbonyl (C=O) groups is 3. The molecule has 3 N–H and O–H groups in total. The molecule has 0 radical (unpaired) electrons. The fourth-order valence-corrected chi connectivity index (χ4v) is 2.81. The standard InChI is InChI=1S/C16H17N3O5/c1-2-23-10-5-3-9(4-6-10)14-13-11(8-24-15(13)21)19(7-12(17)20)16(22)18-14/h3-6,14H,2,7-8H2,1H3,(H2,17,20)(H,18,22)/t14-/m0/s1. The van der Waals surface area contributed by atoms with E-state index in [-0.39, 0.29) is 13.2 Å². The Hall–Kier alpha value is -3.03. The smallest absolute Gasteiger partial charge is 0.338 e. The first kappa shape index (κ1) is 15.9. The third-order valence-electron chi connectivity index (χ3n) is 3.84. The number of hydrogen-bond donors (Lipinski definition) is 2. The molecule has 0 spiro atoms. The normalized spacial score (nSPS) is 19.7. The molecule has 8 nitrogen and oxygen atoms in total. The minimum atomic E-state index is -0.670. The number of rotatable bonds is 5. The van der Waals surface area contributed by atoms with Crippen molar-refractivity contribution in [1.82, 2.24) is 10.2 Å². The topological polar surface area (TPSA) is 111 Å². The van der Waals surface area contributed by atoms with E-state index < -0.39 is 23.9 Å². The minimum Gasteiger partial charge on any atom is -0.494 e. The Morgan fingerprint density at radius 3 is 2.71 bits per heavy atom. The van der Waals surface area contributed by atoms with Crippen LogP contribution in [0.1, 0.15) is 18.5 Å². The maximum absolute atomic E-state index is 12.3. The van der Waals surface area contributed by atoms with E-state index in [1.807, 2.05) is 6.92 Å². The number of cyclic esters (lactones) is 1. The van der Waals surface area contributed by atoms with Gasteiger partial charge in [0.05, 0.1) is 23.9 Å². The quantitative estimate of drug-likeness (QED) is 0.761. The Labute approximate surface area is 138 Å². The average Bonchev–Trinajstić information content (AvgIpc) is 2.93. The molecule has 3 rings (SSSR count). The van der Waals surface area contributed by atoms with Crippen LogP contribution in [0.3, 0.4) is 0 Å². The Kier molecular flexibility index (Phi) is 4.11. The second kappa shape index (κ2) is 6.23. The van der Waals surface area contributed by atoms with E-state index >= 15 is 0 Å². The van der Waals surface area contributed by atoms with Crippen LogP contribution in [-0.4, -0.2) is 42.6 Å². The van der Waals surface area contributed by atoms with Gasteiger partial charge in [-0.1, -0.05) is 12.1 Å². The molecule has 24 heavy (non-hydrogen) atoms. The summed E-state index contributed by atoms with van der Waals surface area (Å²) in [6.45, 7) is 2.07. The van der Waals surface area contributed by atoms with Crippen LogP contribution in [-0.2, 0) is 14.3 Å². The summed E-state index contributed by atoms with van der Waals surface area (Å²) in [4.78, 5) is 36.7. The van der Waals surface area contributed by atoms with Gasteiger partial charge in [0.1, 0.15) is 18.9 Å². The zero-order valence-corrected chi connectivity index (χ0v) is 13.1. The largest absolute Gasteiger partial charge is 0.494 e. The summed E-state index contributed by atoms with van der Waals surface area (Å²) in [6, 6.07) is 5.95. The van der Waals surface area contributed by atoms with Gasteiger partial charge in [-0.05, 0) is 24.6 Å². The lowest BCUT2D eigenvalue weighted by atomic mass is 9.95. The van der Waals surface area contributed by atoms with Gasteiger partial charge in [-0.3, -0.25) is 9.69 Å². The number of ether oxygens (including phenoxy) is 2. The number of amides is 3. The molecule has 2 aliphatic rings. The molecule has 0 fully saturated rings. The van der Waals surface area contributed by atoms with Crippen LogP contribution in [0.5, 0.6) is 5.75 Å². The van der Waals surface area contributed by atoms with Gasteiger partial charge in [0, 0.05) is 0 Å². The summed E-state index contributed by atoms with van der Waals surface area (Å²) in [5.41, 5.74) is 6.59. The molecular weight excluding hydrogens is 314 g/mol. The number of esters is 1. The van der Waals surface area contributed by atoms with Crippen LogP contribution in [0.2, 0.25) is 0 Å². The Morgan fingerprint density at radius 2 is 2.08 bits per heavy atom. The zero-order valence-electron chi connectivity index (χ0n) is 13.1. The first-order valence-corrected chi connectivity index (χ1v) is 7.50. The van der Waals surface area contributed by atoms with Crippen molar-refractivity contribution >= 4 is 17.9 Å². The summed E-state index contributed by atoms with van der Waals surface area (Å²) in [7, 11) is 0. The molecule has 0 unspecified atom stereocenters. The lowest BCUT2D eigenvalue weighted by Gasteiger charge is -2.32. The molecule has 0 bridgehead atoms. The van der Waals surface area contributed by atoms with Crippen LogP contribution in [0.15, 0.2) is 35.5 Å². The van der Waals surface area contributed by atoms with Crippen molar-refractivity contribution in [3.05, 3.63) is 41.1 Å². The first-order chi connectivity index (χ1) is 11.5. The summed E-state index contributed by atoms with van der Waals surface area (Å²) < 4.78 is 10.4. The zero-order chi connectivity index (χ0) is 17.3. The first-order valence-electron chi connectivity index (χ1n) is 7.50. The highest BCUT2D eigenvalue weighted by Gasteiger charge is 2.42. The second-order valence-corrected chi connectivity index (χ2v) is 5.37. The van der Waals surface area contributed by atoms with Gasteiger partial charge in [-0.25, -0.2) is 9.59 Å². The van der Waals surface area contributed by atoms with Crippen LogP contribution in [0.4, 0.5) is 4.79 Å². The summed E-state index contributed by atoms with van der Waals surface area (Å²) in [5.74, 6) is -0.490. The third kappa shape index (κ3) is 2.78. The number of carbonyl (C=O) groups excluding carboxylic acids is 3. The highest BCUT2D eigenvalue weighted by atomic mass is 16.5. The van der Waals surface area contributed by atoms with E-state index in [2.05, 4.69) is 5.32 Å². The molecule has 0 aromatic heterocycles. The Balaban J connectivity index is 1.96. The van der Waals surface area contributed by atoms with Crippen molar-refractivity contribution in [2.75, 3.05) is 19.8 Å².